The van der Waals surface area contributed by atoms with Crippen LogP contribution in [0.1, 0.15) is 17.4 Å². The van der Waals surface area contributed by atoms with Crippen LogP contribution in [-0.4, -0.2) is 21.3 Å². The maximum absolute atomic E-state index is 13.6. The van der Waals surface area contributed by atoms with Crippen LogP contribution in [0.25, 0.3) is 11.0 Å². The summed E-state index contributed by atoms with van der Waals surface area (Å²) in [5.41, 5.74) is 2.61. The van der Waals surface area contributed by atoms with Gasteiger partial charge in [-0.25, -0.2) is 9.37 Å². The summed E-state index contributed by atoms with van der Waals surface area (Å²) in [6.07, 6.45) is 0. The molecule has 0 radical (unpaired) electrons. The Morgan fingerprint density at radius 1 is 1.30 bits per heavy atom. The maximum atomic E-state index is 13.6. The Morgan fingerprint density at radius 2 is 2.09 bits per heavy atom. The highest BCUT2D eigenvalue weighted by atomic mass is 35.5. The maximum Gasteiger partial charge on any atom is 0.142 e. The molecule has 0 amide bonds. The summed E-state index contributed by atoms with van der Waals surface area (Å²) in [7, 11) is 1.95. The molecule has 0 saturated heterocycles. The summed E-state index contributed by atoms with van der Waals surface area (Å²) in [4.78, 5) is 4.57. The SMILES string of the molecule is Cn1c(CNC(CO)c2ccc(Cl)c(F)c2)nc2ccccc21. The molecule has 0 aliphatic rings. The third kappa shape index (κ3) is 3.22. The Hall–Kier alpha value is -1.95. The molecule has 0 aliphatic carbocycles. The molecular weight excluding hydrogens is 317 g/mol. The molecule has 3 rings (SSSR count). The second-order valence-corrected chi connectivity index (χ2v) is 5.77. The van der Waals surface area contributed by atoms with Gasteiger partial charge >= 0.3 is 0 Å². The van der Waals surface area contributed by atoms with Gasteiger partial charge in [-0.3, -0.25) is 0 Å². The molecule has 4 nitrogen and oxygen atoms in total. The molecule has 2 aromatic carbocycles. The van der Waals surface area contributed by atoms with Gasteiger partial charge in [0.25, 0.3) is 0 Å². The van der Waals surface area contributed by atoms with Crippen molar-refractivity contribution >= 4 is 22.6 Å². The van der Waals surface area contributed by atoms with Crippen LogP contribution in [0, 0.1) is 5.82 Å². The van der Waals surface area contributed by atoms with E-state index >= 15 is 0 Å². The van der Waals surface area contributed by atoms with Gasteiger partial charge in [0, 0.05) is 7.05 Å². The highest BCUT2D eigenvalue weighted by Crippen LogP contribution is 2.21. The van der Waals surface area contributed by atoms with Gasteiger partial charge in [-0.05, 0) is 29.8 Å². The average Bonchev–Trinajstić information content (AvgIpc) is 2.88. The quantitative estimate of drug-likeness (QED) is 0.754. The predicted octanol–water partition coefficient (Wildman–Crippen LogP) is 3.19. The number of aromatic nitrogens is 2. The predicted molar refractivity (Wildman–Crippen MR) is 88.8 cm³/mol. The Morgan fingerprint density at radius 3 is 2.78 bits per heavy atom. The molecule has 1 atom stereocenters. The summed E-state index contributed by atoms with van der Waals surface area (Å²) in [5, 5.41) is 12.9. The van der Waals surface area contributed by atoms with Gasteiger partial charge in [0.15, 0.2) is 0 Å². The second kappa shape index (κ2) is 6.66. The number of hydrogen-bond acceptors (Lipinski definition) is 3. The zero-order chi connectivity index (χ0) is 16.4. The fourth-order valence-electron chi connectivity index (χ4n) is 2.58. The lowest BCUT2D eigenvalue weighted by Gasteiger charge is -2.17. The minimum atomic E-state index is -0.493. The molecule has 1 aromatic heterocycles. The molecule has 0 bridgehead atoms. The number of imidazole rings is 1. The Balaban J connectivity index is 1.79. The van der Waals surface area contributed by atoms with E-state index in [1.165, 1.54) is 12.1 Å². The lowest BCUT2D eigenvalue weighted by Crippen LogP contribution is -2.25. The van der Waals surface area contributed by atoms with Crippen molar-refractivity contribution < 1.29 is 9.50 Å². The highest BCUT2D eigenvalue weighted by Gasteiger charge is 2.14. The second-order valence-electron chi connectivity index (χ2n) is 5.37. The smallest absolute Gasteiger partial charge is 0.142 e. The van der Waals surface area contributed by atoms with Crippen molar-refractivity contribution in [2.75, 3.05) is 6.61 Å². The minimum absolute atomic E-state index is 0.0702. The van der Waals surface area contributed by atoms with Crippen molar-refractivity contribution in [3.8, 4) is 0 Å². The standard InChI is InChI=1S/C17H17ClFN3O/c1-22-16-5-3-2-4-14(16)21-17(22)9-20-15(10-23)11-6-7-12(18)13(19)8-11/h2-8,15,20,23H,9-10H2,1H3. The number of hydrogen-bond donors (Lipinski definition) is 2. The molecular formula is C17H17ClFN3O. The van der Waals surface area contributed by atoms with Crippen molar-refractivity contribution in [1.29, 1.82) is 0 Å². The molecule has 1 unspecified atom stereocenters. The van der Waals surface area contributed by atoms with Crippen LogP contribution in [0.15, 0.2) is 42.5 Å². The number of halogens is 2. The van der Waals surface area contributed by atoms with Crippen molar-refractivity contribution in [3.05, 3.63) is 64.7 Å². The number of aliphatic hydroxyl groups is 1. The van der Waals surface area contributed by atoms with E-state index in [-0.39, 0.29) is 17.7 Å². The van der Waals surface area contributed by atoms with Crippen molar-refractivity contribution in [3.63, 3.8) is 0 Å². The van der Waals surface area contributed by atoms with Crippen LogP contribution in [0.4, 0.5) is 4.39 Å². The van der Waals surface area contributed by atoms with E-state index in [2.05, 4.69) is 10.3 Å². The number of para-hydroxylation sites is 2. The van der Waals surface area contributed by atoms with Crippen LogP contribution in [0.5, 0.6) is 0 Å². The number of fused-ring (bicyclic) bond motifs is 1. The minimum Gasteiger partial charge on any atom is -0.394 e. The topological polar surface area (TPSA) is 50.1 Å². The number of nitrogens with zero attached hydrogens (tertiary/aromatic N) is 2. The Labute approximate surface area is 138 Å². The van der Waals surface area contributed by atoms with Crippen LogP contribution in [0.3, 0.4) is 0 Å². The monoisotopic (exact) mass is 333 g/mol. The summed E-state index contributed by atoms with van der Waals surface area (Å²) >= 11 is 5.70. The van der Waals surface area contributed by atoms with Crippen molar-refractivity contribution in [2.45, 2.75) is 12.6 Å². The third-order valence-electron chi connectivity index (χ3n) is 3.91. The summed E-state index contributed by atoms with van der Waals surface area (Å²) in [5.74, 6) is 0.353. The average molecular weight is 334 g/mol. The first-order valence-electron chi connectivity index (χ1n) is 7.29. The van der Waals surface area contributed by atoms with Crippen molar-refractivity contribution in [2.24, 2.45) is 7.05 Å². The van der Waals surface area contributed by atoms with Gasteiger partial charge in [-0.2, -0.15) is 0 Å². The lowest BCUT2D eigenvalue weighted by atomic mass is 10.1. The molecule has 6 heteroatoms. The number of nitrogens with one attached hydrogen (secondary N) is 1. The van der Waals surface area contributed by atoms with E-state index in [9.17, 15) is 9.50 Å². The zero-order valence-electron chi connectivity index (χ0n) is 12.6. The third-order valence-corrected chi connectivity index (χ3v) is 4.22. The van der Waals surface area contributed by atoms with Gasteiger partial charge in [-0.15, -0.1) is 0 Å². The van der Waals surface area contributed by atoms with Gasteiger partial charge in [0.1, 0.15) is 11.6 Å². The lowest BCUT2D eigenvalue weighted by molar-refractivity contribution is 0.242. The van der Waals surface area contributed by atoms with E-state index in [4.69, 9.17) is 11.6 Å². The zero-order valence-corrected chi connectivity index (χ0v) is 13.4. The van der Waals surface area contributed by atoms with Gasteiger partial charge < -0.3 is 15.0 Å². The number of benzene rings is 2. The Kier molecular flexibility index (Phi) is 4.61. The molecule has 120 valence electrons. The van der Waals surface area contributed by atoms with E-state index in [1.807, 2.05) is 35.9 Å². The van der Waals surface area contributed by atoms with E-state index < -0.39 is 5.82 Å². The molecule has 0 spiro atoms. The van der Waals surface area contributed by atoms with E-state index in [0.717, 1.165) is 16.9 Å². The first-order valence-corrected chi connectivity index (χ1v) is 7.67. The van der Waals surface area contributed by atoms with Crippen LogP contribution < -0.4 is 5.32 Å². The van der Waals surface area contributed by atoms with Crippen molar-refractivity contribution in [1.82, 2.24) is 14.9 Å². The fraction of sp³-hybridized carbons (Fsp3) is 0.235. The molecule has 3 aromatic rings. The molecule has 0 fully saturated rings. The summed E-state index contributed by atoms with van der Waals surface area (Å²) in [6, 6.07) is 12.0. The Bertz CT molecular complexity index is 834. The van der Waals surface area contributed by atoms with Gasteiger partial charge in [0.05, 0.1) is 35.2 Å². The molecule has 0 saturated carbocycles. The first-order chi connectivity index (χ1) is 11.1. The molecule has 0 aliphatic heterocycles. The van der Waals surface area contributed by atoms with E-state index in [0.29, 0.717) is 12.1 Å². The summed E-state index contributed by atoms with van der Waals surface area (Å²) < 4.78 is 15.6. The normalized spacial score (nSPS) is 12.7. The largest absolute Gasteiger partial charge is 0.394 e. The highest BCUT2D eigenvalue weighted by molar-refractivity contribution is 6.30. The number of aliphatic hydroxyl groups excluding tert-OH is 1. The number of aryl methyl sites for hydroxylation is 1. The number of rotatable bonds is 5. The molecule has 1 heterocycles. The summed E-state index contributed by atoms with van der Waals surface area (Å²) in [6.45, 7) is 0.311. The van der Waals surface area contributed by atoms with Crippen LogP contribution >= 0.6 is 11.6 Å². The fourth-order valence-corrected chi connectivity index (χ4v) is 2.70. The van der Waals surface area contributed by atoms with Crippen LogP contribution in [-0.2, 0) is 13.6 Å². The van der Waals surface area contributed by atoms with Gasteiger partial charge in [0.2, 0.25) is 0 Å². The molecule has 23 heavy (non-hydrogen) atoms. The molecule has 2 N–H and O–H groups in total. The van der Waals surface area contributed by atoms with Crippen LogP contribution in [0.2, 0.25) is 5.02 Å². The van der Waals surface area contributed by atoms with E-state index in [1.54, 1.807) is 6.07 Å². The van der Waals surface area contributed by atoms with Gasteiger partial charge in [-0.1, -0.05) is 29.8 Å². The first kappa shape index (κ1) is 15.9.